The highest BCUT2D eigenvalue weighted by atomic mass is 32.1. The minimum Gasteiger partial charge on any atom is -0.462 e. The van der Waals surface area contributed by atoms with E-state index >= 15 is 0 Å². The summed E-state index contributed by atoms with van der Waals surface area (Å²) < 4.78 is 43.5. The molecule has 0 spiro atoms. The maximum Gasteiger partial charge on any atom is 0.417 e. The molecule has 3 rings (SSSR count). The van der Waals surface area contributed by atoms with Crippen LogP contribution in [0.2, 0.25) is 0 Å². The molecular weight excluding hydrogens is 317 g/mol. The fourth-order valence-corrected chi connectivity index (χ4v) is 3.26. The van der Waals surface area contributed by atoms with Crippen LogP contribution in [-0.4, -0.2) is 39.9 Å². The fraction of sp³-hybridized carbons (Fsp3) is 0.500. The van der Waals surface area contributed by atoms with Crippen LogP contribution in [0.5, 0.6) is 0 Å². The molecule has 1 saturated heterocycles. The van der Waals surface area contributed by atoms with E-state index in [1.54, 1.807) is 12.3 Å². The monoisotopic (exact) mass is 332 g/mol. The van der Waals surface area contributed by atoms with Crippen molar-refractivity contribution in [2.45, 2.75) is 31.2 Å². The summed E-state index contributed by atoms with van der Waals surface area (Å²) in [6, 6.07) is 3.59. The van der Waals surface area contributed by atoms with E-state index in [0.717, 1.165) is 10.7 Å². The van der Waals surface area contributed by atoms with E-state index in [4.69, 9.17) is 4.42 Å². The average Bonchev–Trinajstić information content (AvgIpc) is 3.11. The number of thiazole rings is 1. The molecule has 120 valence electrons. The largest absolute Gasteiger partial charge is 0.462 e. The summed E-state index contributed by atoms with van der Waals surface area (Å²) in [7, 11) is 0. The van der Waals surface area contributed by atoms with Crippen LogP contribution >= 0.6 is 11.3 Å². The second-order valence-electron chi connectivity index (χ2n) is 5.43. The standard InChI is InChI=1S/C14H15F3N2O2S/c15-14(16,17)13(20)3-5-19(6-4-13)8-10-9-22-12(18-10)11-2-1-7-21-11/h1-2,7,9,20H,3-6,8H2. The molecule has 1 aliphatic rings. The zero-order chi connectivity index (χ0) is 15.8. The van der Waals surface area contributed by atoms with Crippen molar-refractivity contribution in [1.29, 1.82) is 0 Å². The molecule has 3 heterocycles. The van der Waals surface area contributed by atoms with Gasteiger partial charge in [0.1, 0.15) is 0 Å². The summed E-state index contributed by atoms with van der Waals surface area (Å²) in [4.78, 5) is 6.31. The SMILES string of the molecule is OC1(C(F)(F)F)CCN(Cc2csc(-c3ccco3)n2)CC1. The van der Waals surface area contributed by atoms with Crippen LogP contribution < -0.4 is 0 Å². The average molecular weight is 332 g/mol. The van der Waals surface area contributed by atoms with Crippen LogP contribution in [0.25, 0.3) is 10.8 Å². The third-order valence-corrected chi connectivity index (χ3v) is 4.79. The number of hydrogen-bond donors (Lipinski definition) is 1. The molecule has 1 aliphatic heterocycles. The molecule has 0 aliphatic carbocycles. The van der Waals surface area contributed by atoms with Crippen molar-refractivity contribution in [2.75, 3.05) is 13.1 Å². The number of hydrogen-bond acceptors (Lipinski definition) is 5. The van der Waals surface area contributed by atoms with E-state index in [0.29, 0.717) is 12.3 Å². The van der Waals surface area contributed by atoms with E-state index in [-0.39, 0.29) is 25.9 Å². The smallest absolute Gasteiger partial charge is 0.417 e. The number of rotatable bonds is 3. The lowest BCUT2D eigenvalue weighted by atomic mass is 9.91. The molecule has 0 saturated carbocycles. The van der Waals surface area contributed by atoms with E-state index < -0.39 is 11.8 Å². The predicted molar refractivity (Wildman–Crippen MR) is 75.3 cm³/mol. The number of piperidine rings is 1. The highest BCUT2D eigenvalue weighted by molar-refractivity contribution is 7.13. The van der Waals surface area contributed by atoms with Crippen LogP contribution in [0.15, 0.2) is 28.2 Å². The molecule has 8 heteroatoms. The minimum atomic E-state index is -4.56. The summed E-state index contributed by atoms with van der Waals surface area (Å²) in [6.07, 6.45) is -3.59. The summed E-state index contributed by atoms with van der Waals surface area (Å²) >= 11 is 1.44. The first-order valence-electron chi connectivity index (χ1n) is 6.87. The van der Waals surface area contributed by atoms with Crippen molar-refractivity contribution >= 4 is 11.3 Å². The van der Waals surface area contributed by atoms with Crippen molar-refractivity contribution in [3.63, 3.8) is 0 Å². The van der Waals surface area contributed by atoms with Gasteiger partial charge in [-0.2, -0.15) is 13.2 Å². The molecule has 0 unspecified atom stereocenters. The lowest BCUT2D eigenvalue weighted by molar-refractivity contribution is -0.272. The van der Waals surface area contributed by atoms with Gasteiger partial charge in [-0.25, -0.2) is 4.98 Å². The van der Waals surface area contributed by atoms with Gasteiger partial charge in [-0.1, -0.05) is 0 Å². The van der Waals surface area contributed by atoms with Crippen molar-refractivity contribution < 1.29 is 22.7 Å². The van der Waals surface area contributed by atoms with E-state index in [1.165, 1.54) is 11.3 Å². The molecule has 1 fully saturated rings. The van der Waals surface area contributed by atoms with Gasteiger partial charge < -0.3 is 9.52 Å². The Morgan fingerprint density at radius 3 is 2.68 bits per heavy atom. The van der Waals surface area contributed by atoms with Crippen molar-refractivity contribution in [1.82, 2.24) is 9.88 Å². The lowest BCUT2D eigenvalue weighted by Crippen LogP contribution is -2.53. The van der Waals surface area contributed by atoms with Crippen LogP contribution in [0, 0.1) is 0 Å². The van der Waals surface area contributed by atoms with Gasteiger partial charge in [0.05, 0.1) is 12.0 Å². The minimum absolute atomic E-state index is 0.198. The van der Waals surface area contributed by atoms with Gasteiger partial charge in [-0.15, -0.1) is 11.3 Å². The van der Waals surface area contributed by atoms with Crippen molar-refractivity contribution in [2.24, 2.45) is 0 Å². The number of aliphatic hydroxyl groups is 1. The number of furan rings is 1. The number of alkyl halides is 3. The van der Waals surface area contributed by atoms with Gasteiger partial charge in [0.2, 0.25) is 0 Å². The molecular formula is C14H15F3N2O2S. The van der Waals surface area contributed by atoms with E-state index in [2.05, 4.69) is 4.98 Å². The van der Waals surface area contributed by atoms with Crippen LogP contribution in [-0.2, 0) is 6.54 Å². The molecule has 0 amide bonds. The summed E-state index contributed by atoms with van der Waals surface area (Å²) in [6.45, 7) is 0.873. The van der Waals surface area contributed by atoms with Crippen LogP contribution in [0.1, 0.15) is 18.5 Å². The molecule has 0 radical (unpaired) electrons. The Labute approximate surface area is 129 Å². The number of aromatic nitrogens is 1. The highest BCUT2D eigenvalue weighted by Gasteiger charge is 2.54. The zero-order valence-corrected chi connectivity index (χ0v) is 12.5. The number of nitrogens with zero attached hydrogens (tertiary/aromatic N) is 2. The topological polar surface area (TPSA) is 49.5 Å². The first-order valence-corrected chi connectivity index (χ1v) is 7.75. The Morgan fingerprint density at radius 2 is 2.09 bits per heavy atom. The fourth-order valence-electron chi connectivity index (χ4n) is 2.49. The molecule has 1 N–H and O–H groups in total. The number of halogens is 3. The van der Waals surface area contributed by atoms with Gasteiger partial charge in [0.25, 0.3) is 0 Å². The van der Waals surface area contributed by atoms with E-state index in [9.17, 15) is 18.3 Å². The highest BCUT2D eigenvalue weighted by Crippen LogP contribution is 2.38. The van der Waals surface area contributed by atoms with Gasteiger partial charge in [-0.3, -0.25) is 4.90 Å². The molecule has 0 atom stereocenters. The molecule has 2 aromatic rings. The Morgan fingerprint density at radius 1 is 1.36 bits per heavy atom. The third kappa shape index (κ3) is 3.04. The normalized spacial score (nSPS) is 19.5. The molecule has 0 bridgehead atoms. The van der Waals surface area contributed by atoms with Gasteiger partial charge in [0, 0.05) is 25.0 Å². The summed E-state index contributed by atoms with van der Waals surface area (Å²) in [5.74, 6) is 0.682. The quantitative estimate of drug-likeness (QED) is 0.937. The third-order valence-electron chi connectivity index (χ3n) is 3.88. The summed E-state index contributed by atoms with van der Waals surface area (Å²) in [5, 5.41) is 12.3. The molecule has 4 nitrogen and oxygen atoms in total. The van der Waals surface area contributed by atoms with E-state index in [1.807, 2.05) is 16.3 Å². The first-order chi connectivity index (χ1) is 10.4. The second-order valence-corrected chi connectivity index (χ2v) is 6.28. The van der Waals surface area contributed by atoms with Crippen LogP contribution in [0.4, 0.5) is 13.2 Å². The predicted octanol–water partition coefficient (Wildman–Crippen LogP) is 3.29. The Balaban J connectivity index is 1.60. The number of likely N-dealkylation sites (tertiary alicyclic amines) is 1. The molecule has 22 heavy (non-hydrogen) atoms. The first kappa shape index (κ1) is 15.5. The maximum atomic E-state index is 12.8. The van der Waals surface area contributed by atoms with Crippen molar-refractivity contribution in [3.05, 3.63) is 29.5 Å². The van der Waals surface area contributed by atoms with Crippen molar-refractivity contribution in [3.8, 4) is 10.8 Å². The maximum absolute atomic E-state index is 12.8. The second kappa shape index (κ2) is 5.68. The molecule has 2 aromatic heterocycles. The zero-order valence-electron chi connectivity index (χ0n) is 11.6. The van der Waals surface area contributed by atoms with Crippen LogP contribution in [0.3, 0.4) is 0 Å². The lowest BCUT2D eigenvalue weighted by Gasteiger charge is -2.38. The Hall–Kier alpha value is -1.38. The molecule has 0 aromatic carbocycles. The van der Waals surface area contributed by atoms with Gasteiger partial charge in [0.15, 0.2) is 16.4 Å². The summed E-state index contributed by atoms with van der Waals surface area (Å²) in [5.41, 5.74) is -1.75. The Kier molecular flexibility index (Phi) is 4.00. The van der Waals surface area contributed by atoms with Gasteiger partial charge >= 0.3 is 6.18 Å². The Bertz CT molecular complexity index is 616. The van der Waals surface area contributed by atoms with Gasteiger partial charge in [-0.05, 0) is 25.0 Å².